The van der Waals surface area contributed by atoms with Crippen molar-refractivity contribution in [1.29, 1.82) is 0 Å². The molecule has 4 unspecified atom stereocenters. The molecule has 2 fully saturated rings. The molecule has 2 saturated carbocycles. The predicted molar refractivity (Wildman–Crippen MR) is 93.2 cm³/mol. The zero-order valence-corrected chi connectivity index (χ0v) is 14.0. The summed E-state index contributed by atoms with van der Waals surface area (Å²) in [5.41, 5.74) is 0. The smallest absolute Gasteiger partial charge is 0.310 e. The molecule has 2 aliphatic rings. The van der Waals surface area contributed by atoms with E-state index >= 15 is 0 Å². The second kappa shape index (κ2) is 7.91. The summed E-state index contributed by atoms with van der Waals surface area (Å²) in [6.45, 7) is 0. The van der Waals surface area contributed by atoms with Gasteiger partial charge in [-0.25, -0.2) is 0 Å². The van der Waals surface area contributed by atoms with Crippen LogP contribution in [-0.4, -0.2) is 34.4 Å². The molecule has 0 saturated heterocycles. The Morgan fingerprint density at radius 3 is 1.31 bits per heavy atom. The number of carboxylic acids is 2. The molecule has 2 N–H and O–H groups in total. The first-order valence-electron chi connectivity index (χ1n) is 8.43. The van der Waals surface area contributed by atoms with Crippen molar-refractivity contribution in [2.45, 2.75) is 25.0 Å². The number of carboxylic acid groups (broad SMARTS) is 2. The second-order valence-corrected chi connectivity index (χ2v) is 6.30. The van der Waals surface area contributed by atoms with Crippen molar-refractivity contribution in [1.82, 2.24) is 0 Å². The molecule has 4 rings (SSSR count). The molecule has 0 radical (unpaired) electrons. The van der Waals surface area contributed by atoms with Gasteiger partial charge in [-0.1, -0.05) is 36.4 Å². The average molecular weight is 356 g/mol. The highest BCUT2D eigenvalue weighted by Crippen LogP contribution is 2.35. The number of rotatable bonds is 6. The van der Waals surface area contributed by atoms with Crippen LogP contribution in [0.3, 0.4) is 0 Å². The molecule has 0 heterocycles. The van der Waals surface area contributed by atoms with Gasteiger partial charge in [-0.15, -0.1) is 0 Å². The molecular weight excluding hydrogens is 336 g/mol. The van der Waals surface area contributed by atoms with Gasteiger partial charge in [-0.2, -0.15) is 0 Å². The van der Waals surface area contributed by atoms with Gasteiger partial charge >= 0.3 is 11.9 Å². The number of hydrogen-bond donors (Lipinski definition) is 2. The summed E-state index contributed by atoms with van der Waals surface area (Å²) >= 11 is 0. The molecule has 4 atom stereocenters. The zero-order valence-electron chi connectivity index (χ0n) is 14.0. The van der Waals surface area contributed by atoms with Crippen molar-refractivity contribution < 1.29 is 29.3 Å². The minimum absolute atomic E-state index is 0.125. The standard InChI is InChI=1S/2C10H10O3/c2*11-10(12)8-6-9(8)13-7-4-2-1-3-5-7/h2*1-5,8-9H,6H2,(H,11,12). The van der Waals surface area contributed by atoms with Gasteiger partial charge in [0.2, 0.25) is 0 Å². The van der Waals surface area contributed by atoms with Crippen molar-refractivity contribution in [2.24, 2.45) is 11.8 Å². The highest BCUT2D eigenvalue weighted by molar-refractivity contribution is 5.74. The lowest BCUT2D eigenvalue weighted by Gasteiger charge is -2.02. The van der Waals surface area contributed by atoms with E-state index in [0.29, 0.717) is 12.8 Å². The van der Waals surface area contributed by atoms with Crippen LogP contribution in [0.2, 0.25) is 0 Å². The van der Waals surface area contributed by atoms with Crippen molar-refractivity contribution in [3.63, 3.8) is 0 Å². The Hall–Kier alpha value is -3.02. The molecule has 0 spiro atoms. The fourth-order valence-electron chi connectivity index (χ4n) is 2.47. The fraction of sp³-hybridized carbons (Fsp3) is 0.300. The Labute approximate surface area is 151 Å². The number of benzene rings is 2. The molecule has 26 heavy (non-hydrogen) atoms. The van der Waals surface area contributed by atoms with Crippen molar-refractivity contribution in [2.75, 3.05) is 0 Å². The van der Waals surface area contributed by atoms with Gasteiger partial charge in [0.25, 0.3) is 0 Å². The van der Waals surface area contributed by atoms with E-state index in [9.17, 15) is 9.59 Å². The summed E-state index contributed by atoms with van der Waals surface area (Å²) in [5, 5.41) is 17.2. The van der Waals surface area contributed by atoms with Gasteiger partial charge < -0.3 is 19.7 Å². The van der Waals surface area contributed by atoms with Crippen LogP contribution in [0.5, 0.6) is 11.5 Å². The number of aliphatic carboxylic acids is 2. The van der Waals surface area contributed by atoms with Gasteiger partial charge in [-0.05, 0) is 24.3 Å². The molecule has 136 valence electrons. The maximum absolute atomic E-state index is 10.5. The van der Waals surface area contributed by atoms with Crippen LogP contribution in [0.15, 0.2) is 60.7 Å². The van der Waals surface area contributed by atoms with Crippen LogP contribution in [0.1, 0.15) is 12.8 Å². The van der Waals surface area contributed by atoms with Crippen molar-refractivity contribution in [3.05, 3.63) is 60.7 Å². The molecule has 0 bridgehead atoms. The third-order valence-electron chi connectivity index (χ3n) is 4.16. The Kier molecular flexibility index (Phi) is 5.41. The normalized spacial score (nSPS) is 25.2. The van der Waals surface area contributed by atoms with Crippen LogP contribution >= 0.6 is 0 Å². The van der Waals surface area contributed by atoms with E-state index < -0.39 is 11.9 Å². The highest BCUT2D eigenvalue weighted by Gasteiger charge is 2.46. The molecular formula is C20H20O6. The van der Waals surface area contributed by atoms with Crippen LogP contribution in [0.4, 0.5) is 0 Å². The molecule has 0 amide bonds. The second-order valence-electron chi connectivity index (χ2n) is 6.30. The summed E-state index contributed by atoms with van der Waals surface area (Å²) in [4.78, 5) is 21.0. The summed E-state index contributed by atoms with van der Waals surface area (Å²) in [5.74, 6) is -0.644. The summed E-state index contributed by atoms with van der Waals surface area (Å²) < 4.78 is 10.8. The summed E-state index contributed by atoms with van der Waals surface area (Å²) in [7, 11) is 0. The summed E-state index contributed by atoms with van der Waals surface area (Å²) in [6, 6.07) is 18.6. The minimum Gasteiger partial charge on any atom is -0.490 e. The number of hydrogen-bond acceptors (Lipinski definition) is 4. The first-order valence-corrected chi connectivity index (χ1v) is 8.43. The zero-order chi connectivity index (χ0) is 18.5. The molecule has 0 aliphatic heterocycles. The number of carbonyl (C=O) groups is 2. The first kappa shape index (κ1) is 17.8. The largest absolute Gasteiger partial charge is 0.490 e. The van der Waals surface area contributed by atoms with Gasteiger partial charge in [0.05, 0.1) is 11.8 Å². The Morgan fingerprint density at radius 2 is 1.04 bits per heavy atom. The van der Waals surface area contributed by atoms with Gasteiger partial charge in [-0.3, -0.25) is 9.59 Å². The SMILES string of the molecule is O=C(O)C1CC1Oc1ccccc1.O=C(O)C1CC1Oc1ccccc1. The first-order chi connectivity index (χ1) is 12.5. The van der Waals surface area contributed by atoms with E-state index in [4.69, 9.17) is 19.7 Å². The number of para-hydroxylation sites is 2. The van der Waals surface area contributed by atoms with E-state index in [1.807, 2.05) is 60.7 Å². The maximum atomic E-state index is 10.5. The van der Waals surface area contributed by atoms with Crippen LogP contribution < -0.4 is 9.47 Å². The Morgan fingerprint density at radius 1 is 0.692 bits per heavy atom. The van der Waals surface area contributed by atoms with Crippen LogP contribution in [0.25, 0.3) is 0 Å². The Bertz CT molecular complexity index is 680. The van der Waals surface area contributed by atoms with Gasteiger partial charge in [0.15, 0.2) is 0 Å². The lowest BCUT2D eigenvalue weighted by atomic mass is 10.3. The lowest BCUT2D eigenvalue weighted by Crippen LogP contribution is -2.07. The molecule has 6 nitrogen and oxygen atoms in total. The predicted octanol–water partition coefficient (Wildman–Crippen LogP) is 3.08. The average Bonchev–Trinajstić information content (AvgIpc) is 3.53. The van der Waals surface area contributed by atoms with E-state index in [2.05, 4.69) is 0 Å². The number of ether oxygens (including phenoxy) is 2. The third kappa shape index (κ3) is 4.99. The highest BCUT2D eigenvalue weighted by atomic mass is 16.5. The fourth-order valence-corrected chi connectivity index (χ4v) is 2.47. The van der Waals surface area contributed by atoms with Gasteiger partial charge in [0.1, 0.15) is 23.7 Å². The maximum Gasteiger partial charge on any atom is 0.310 e. The van der Waals surface area contributed by atoms with Crippen molar-refractivity contribution in [3.8, 4) is 11.5 Å². The van der Waals surface area contributed by atoms with Crippen LogP contribution in [-0.2, 0) is 9.59 Å². The molecule has 0 aromatic heterocycles. The van der Waals surface area contributed by atoms with Crippen LogP contribution in [0, 0.1) is 11.8 Å². The molecule has 2 aromatic rings. The lowest BCUT2D eigenvalue weighted by molar-refractivity contribution is -0.140. The molecule has 2 aliphatic carbocycles. The van der Waals surface area contributed by atoms with E-state index in [1.165, 1.54) is 0 Å². The van der Waals surface area contributed by atoms with E-state index in [0.717, 1.165) is 11.5 Å². The molecule has 6 heteroatoms. The molecule has 2 aromatic carbocycles. The van der Waals surface area contributed by atoms with E-state index in [-0.39, 0.29) is 24.0 Å². The third-order valence-corrected chi connectivity index (χ3v) is 4.16. The monoisotopic (exact) mass is 356 g/mol. The summed E-state index contributed by atoms with van der Waals surface area (Å²) in [6.07, 6.45) is 1.01. The topological polar surface area (TPSA) is 93.1 Å². The van der Waals surface area contributed by atoms with E-state index in [1.54, 1.807) is 0 Å². The van der Waals surface area contributed by atoms with Gasteiger partial charge in [0, 0.05) is 12.8 Å². The minimum atomic E-state index is -0.763. The van der Waals surface area contributed by atoms with Crippen molar-refractivity contribution >= 4 is 11.9 Å². The Balaban J connectivity index is 0.000000151. The quantitative estimate of drug-likeness (QED) is 0.826.